The Morgan fingerprint density at radius 1 is 0.886 bits per heavy atom. The van der Waals surface area contributed by atoms with E-state index in [1.807, 2.05) is 91.0 Å². The third-order valence-corrected chi connectivity index (χ3v) is 6.47. The van der Waals surface area contributed by atoms with E-state index in [0.717, 1.165) is 16.7 Å². The molecule has 3 aromatic carbocycles. The zero-order valence-electron chi connectivity index (χ0n) is 19.5. The van der Waals surface area contributed by atoms with Crippen molar-refractivity contribution in [3.8, 4) is 0 Å². The van der Waals surface area contributed by atoms with E-state index in [9.17, 15) is 19.5 Å². The first-order valence-corrected chi connectivity index (χ1v) is 11.6. The SMILES string of the molecule is CN(C(=O)/C=C/c1ccccc1)[C@H]1CC(C(=O)O)N(C(=O)C(c2ccccc2)c2ccccc2)C1. The van der Waals surface area contributed by atoms with Crippen LogP contribution in [0.15, 0.2) is 97.1 Å². The van der Waals surface area contributed by atoms with Gasteiger partial charge in [-0.15, -0.1) is 0 Å². The highest BCUT2D eigenvalue weighted by molar-refractivity contribution is 5.93. The molecule has 0 aromatic heterocycles. The van der Waals surface area contributed by atoms with Gasteiger partial charge in [-0.2, -0.15) is 0 Å². The van der Waals surface area contributed by atoms with Gasteiger partial charge >= 0.3 is 5.97 Å². The largest absolute Gasteiger partial charge is 0.480 e. The maximum atomic E-state index is 13.9. The quantitative estimate of drug-likeness (QED) is 0.531. The topological polar surface area (TPSA) is 77.9 Å². The van der Waals surface area contributed by atoms with Crippen LogP contribution in [-0.4, -0.2) is 58.4 Å². The number of carbonyl (C=O) groups excluding carboxylic acids is 2. The van der Waals surface area contributed by atoms with E-state index in [1.54, 1.807) is 13.1 Å². The van der Waals surface area contributed by atoms with Crippen LogP contribution in [-0.2, 0) is 14.4 Å². The number of likely N-dealkylation sites (N-methyl/N-ethyl adjacent to an activating group) is 1. The molecule has 4 rings (SSSR count). The molecule has 2 amide bonds. The van der Waals surface area contributed by atoms with Crippen LogP contribution in [0.25, 0.3) is 6.08 Å². The number of nitrogens with zero attached hydrogens (tertiary/aromatic N) is 2. The van der Waals surface area contributed by atoms with Crippen molar-refractivity contribution in [3.63, 3.8) is 0 Å². The molecule has 6 nitrogen and oxygen atoms in total. The van der Waals surface area contributed by atoms with Crippen molar-refractivity contribution in [2.45, 2.75) is 24.4 Å². The van der Waals surface area contributed by atoms with Crippen molar-refractivity contribution in [3.05, 3.63) is 114 Å². The molecule has 1 aliphatic rings. The van der Waals surface area contributed by atoms with Gasteiger partial charge < -0.3 is 14.9 Å². The molecule has 2 atom stereocenters. The summed E-state index contributed by atoms with van der Waals surface area (Å²) in [6.45, 7) is 0.160. The van der Waals surface area contributed by atoms with E-state index in [0.29, 0.717) is 0 Å². The first-order chi connectivity index (χ1) is 17.0. The highest BCUT2D eigenvalue weighted by atomic mass is 16.4. The first kappa shape index (κ1) is 24.0. The fourth-order valence-corrected chi connectivity index (χ4v) is 4.54. The van der Waals surface area contributed by atoms with Crippen LogP contribution in [0.4, 0.5) is 0 Å². The lowest BCUT2D eigenvalue weighted by atomic mass is 9.90. The Balaban J connectivity index is 1.57. The van der Waals surface area contributed by atoms with E-state index >= 15 is 0 Å². The van der Waals surface area contributed by atoms with Crippen LogP contribution in [0.1, 0.15) is 29.0 Å². The highest BCUT2D eigenvalue weighted by Gasteiger charge is 2.44. The van der Waals surface area contributed by atoms with Crippen molar-refractivity contribution in [1.29, 1.82) is 0 Å². The Morgan fingerprint density at radius 2 is 1.40 bits per heavy atom. The smallest absolute Gasteiger partial charge is 0.326 e. The molecule has 0 aliphatic carbocycles. The zero-order valence-corrected chi connectivity index (χ0v) is 19.5. The molecule has 1 saturated heterocycles. The van der Waals surface area contributed by atoms with E-state index < -0.39 is 24.0 Å². The fraction of sp³-hybridized carbons (Fsp3) is 0.207. The molecule has 178 valence electrons. The van der Waals surface area contributed by atoms with Crippen molar-refractivity contribution < 1.29 is 19.5 Å². The molecular formula is C29H28N2O4. The molecule has 35 heavy (non-hydrogen) atoms. The number of carboxylic acid groups (broad SMARTS) is 1. The molecule has 0 radical (unpaired) electrons. The predicted octanol–water partition coefficient (Wildman–Crippen LogP) is 4.04. The Kier molecular flexibility index (Phi) is 7.41. The van der Waals surface area contributed by atoms with Crippen molar-refractivity contribution >= 4 is 23.9 Å². The minimum absolute atomic E-state index is 0.160. The number of amides is 2. The molecule has 6 heteroatoms. The Bertz CT molecular complexity index is 1160. The van der Waals surface area contributed by atoms with Crippen LogP contribution in [0.5, 0.6) is 0 Å². The van der Waals surface area contributed by atoms with Gasteiger partial charge in [0.2, 0.25) is 11.8 Å². The van der Waals surface area contributed by atoms with Gasteiger partial charge in [-0.25, -0.2) is 4.79 Å². The maximum Gasteiger partial charge on any atom is 0.326 e. The summed E-state index contributed by atoms with van der Waals surface area (Å²) in [6.07, 6.45) is 3.39. The van der Waals surface area contributed by atoms with Gasteiger partial charge in [-0.1, -0.05) is 91.0 Å². The van der Waals surface area contributed by atoms with E-state index in [1.165, 1.54) is 15.9 Å². The second-order valence-corrected chi connectivity index (χ2v) is 8.68. The molecule has 1 heterocycles. The Hall–Kier alpha value is -4.19. The predicted molar refractivity (Wildman–Crippen MR) is 135 cm³/mol. The lowest BCUT2D eigenvalue weighted by Crippen LogP contribution is -2.44. The number of likely N-dealkylation sites (tertiary alicyclic amines) is 1. The molecule has 0 saturated carbocycles. The number of rotatable bonds is 7. The standard InChI is InChI=1S/C29H28N2O4/c1-30(26(32)18-17-21-11-5-2-6-12-21)24-19-25(29(34)35)31(20-24)28(33)27(22-13-7-3-8-14-22)23-15-9-4-10-16-23/h2-18,24-25,27H,19-20H2,1H3,(H,34,35)/b18-17+/t24-,25?/m0/s1. The van der Waals surface area contributed by atoms with Crippen LogP contribution in [0.2, 0.25) is 0 Å². The Labute approximate surface area is 205 Å². The fourth-order valence-electron chi connectivity index (χ4n) is 4.54. The summed E-state index contributed by atoms with van der Waals surface area (Å²) in [6, 6.07) is 26.8. The van der Waals surface area contributed by atoms with Gasteiger partial charge in [0.1, 0.15) is 6.04 Å². The monoisotopic (exact) mass is 468 g/mol. The number of hydrogen-bond acceptors (Lipinski definition) is 3. The highest BCUT2D eigenvalue weighted by Crippen LogP contribution is 2.31. The molecule has 1 unspecified atom stereocenters. The Morgan fingerprint density at radius 3 is 1.91 bits per heavy atom. The minimum atomic E-state index is -1.07. The number of aliphatic carboxylic acids is 1. The first-order valence-electron chi connectivity index (χ1n) is 11.6. The summed E-state index contributed by atoms with van der Waals surface area (Å²) in [4.78, 5) is 41.8. The van der Waals surface area contributed by atoms with Crippen molar-refractivity contribution in [1.82, 2.24) is 9.80 Å². The molecule has 0 bridgehead atoms. The van der Waals surface area contributed by atoms with Crippen LogP contribution < -0.4 is 0 Å². The van der Waals surface area contributed by atoms with E-state index in [2.05, 4.69) is 0 Å². The summed E-state index contributed by atoms with van der Waals surface area (Å²) >= 11 is 0. The second-order valence-electron chi connectivity index (χ2n) is 8.68. The van der Waals surface area contributed by atoms with Crippen molar-refractivity contribution in [2.75, 3.05) is 13.6 Å². The van der Waals surface area contributed by atoms with Crippen LogP contribution in [0.3, 0.4) is 0 Å². The summed E-state index contributed by atoms with van der Waals surface area (Å²) in [5.74, 6) is -2.21. The van der Waals surface area contributed by atoms with Gasteiger partial charge in [0, 0.05) is 26.1 Å². The molecule has 1 aliphatic heterocycles. The molecule has 1 fully saturated rings. The number of carbonyl (C=O) groups is 3. The third kappa shape index (κ3) is 5.49. The van der Waals surface area contributed by atoms with Crippen LogP contribution in [0, 0.1) is 0 Å². The number of carboxylic acids is 1. The van der Waals surface area contributed by atoms with Gasteiger partial charge in [0.15, 0.2) is 0 Å². The zero-order chi connectivity index (χ0) is 24.8. The van der Waals surface area contributed by atoms with Gasteiger partial charge in [0.05, 0.1) is 12.0 Å². The molecule has 1 N–H and O–H groups in total. The molecular weight excluding hydrogens is 440 g/mol. The average molecular weight is 469 g/mol. The molecule has 0 spiro atoms. The van der Waals surface area contributed by atoms with Crippen molar-refractivity contribution in [2.24, 2.45) is 0 Å². The lowest BCUT2D eigenvalue weighted by Gasteiger charge is -2.28. The number of benzene rings is 3. The summed E-state index contributed by atoms with van der Waals surface area (Å²) in [7, 11) is 1.65. The molecule has 3 aromatic rings. The van der Waals surface area contributed by atoms with Gasteiger partial charge in [0.25, 0.3) is 0 Å². The summed E-state index contributed by atoms with van der Waals surface area (Å²) in [5.41, 5.74) is 2.49. The van der Waals surface area contributed by atoms with Gasteiger partial charge in [-0.05, 0) is 22.8 Å². The maximum absolute atomic E-state index is 13.9. The summed E-state index contributed by atoms with van der Waals surface area (Å²) in [5, 5.41) is 9.93. The second kappa shape index (κ2) is 10.8. The average Bonchev–Trinajstić information content (AvgIpc) is 3.35. The number of hydrogen-bond donors (Lipinski definition) is 1. The summed E-state index contributed by atoms with van der Waals surface area (Å²) < 4.78 is 0. The normalized spacial score (nSPS) is 17.6. The lowest BCUT2D eigenvalue weighted by molar-refractivity contribution is -0.148. The third-order valence-electron chi connectivity index (χ3n) is 6.47. The van der Waals surface area contributed by atoms with Crippen LogP contribution >= 0.6 is 0 Å². The van der Waals surface area contributed by atoms with E-state index in [4.69, 9.17) is 0 Å². The van der Waals surface area contributed by atoms with E-state index in [-0.39, 0.29) is 24.8 Å². The minimum Gasteiger partial charge on any atom is -0.480 e. The van der Waals surface area contributed by atoms with Gasteiger partial charge in [-0.3, -0.25) is 9.59 Å².